The van der Waals surface area contributed by atoms with Crippen LogP contribution in [0.15, 0.2) is 9.41 Å². The molecule has 0 spiro atoms. The zero-order chi connectivity index (χ0) is 15.8. The second-order valence-corrected chi connectivity index (χ2v) is 5.86. The zero-order valence-electron chi connectivity index (χ0n) is 14.5. The number of hydrogen-bond acceptors (Lipinski definition) is 4. The predicted molar refractivity (Wildman–Crippen MR) is 105 cm³/mol. The number of nitrogens with one attached hydrogen (secondary N) is 2. The molecular formula is C16H30IN5O. The Hall–Kier alpha value is -0.830. The van der Waals surface area contributed by atoms with Crippen molar-refractivity contribution >= 4 is 29.9 Å². The highest BCUT2D eigenvalue weighted by Crippen LogP contribution is 2.09. The first-order valence-electron chi connectivity index (χ1n) is 8.29. The quantitative estimate of drug-likeness (QED) is 0.423. The molecule has 2 rings (SSSR count). The fourth-order valence-corrected chi connectivity index (χ4v) is 2.69. The van der Waals surface area contributed by atoms with Crippen LogP contribution in [0, 0.1) is 13.8 Å². The molecule has 1 aliphatic rings. The minimum Gasteiger partial charge on any atom is -0.444 e. The molecule has 0 amide bonds. The predicted octanol–water partition coefficient (Wildman–Crippen LogP) is 2.45. The summed E-state index contributed by atoms with van der Waals surface area (Å²) in [6.07, 6.45) is 5.41. The number of rotatable bonds is 5. The summed E-state index contributed by atoms with van der Waals surface area (Å²) in [5.74, 6) is 2.37. The van der Waals surface area contributed by atoms with Crippen molar-refractivity contribution in [1.82, 2.24) is 20.5 Å². The van der Waals surface area contributed by atoms with Crippen LogP contribution in [0.5, 0.6) is 0 Å². The molecule has 1 fully saturated rings. The van der Waals surface area contributed by atoms with Crippen molar-refractivity contribution in [3.05, 3.63) is 17.3 Å². The van der Waals surface area contributed by atoms with E-state index in [1.54, 1.807) is 7.05 Å². The Morgan fingerprint density at radius 1 is 1.17 bits per heavy atom. The van der Waals surface area contributed by atoms with E-state index in [1.807, 2.05) is 13.8 Å². The van der Waals surface area contributed by atoms with Gasteiger partial charge in [-0.2, -0.15) is 0 Å². The van der Waals surface area contributed by atoms with E-state index >= 15 is 0 Å². The molecule has 1 aromatic rings. The van der Waals surface area contributed by atoms with Crippen LogP contribution in [0.1, 0.15) is 43.0 Å². The number of aryl methyl sites for hydroxylation is 2. The van der Waals surface area contributed by atoms with E-state index in [4.69, 9.17) is 4.42 Å². The van der Waals surface area contributed by atoms with Crippen LogP contribution in [-0.4, -0.2) is 49.1 Å². The fourth-order valence-electron chi connectivity index (χ4n) is 2.69. The third-order valence-electron chi connectivity index (χ3n) is 4.12. The number of halogens is 1. The van der Waals surface area contributed by atoms with E-state index in [9.17, 15) is 0 Å². The van der Waals surface area contributed by atoms with Crippen LogP contribution in [0.3, 0.4) is 0 Å². The normalized spacial score (nSPS) is 16.6. The monoisotopic (exact) mass is 435 g/mol. The van der Waals surface area contributed by atoms with Gasteiger partial charge in [0.05, 0.1) is 12.2 Å². The van der Waals surface area contributed by atoms with Gasteiger partial charge in [0.1, 0.15) is 5.76 Å². The summed E-state index contributed by atoms with van der Waals surface area (Å²) in [6.45, 7) is 8.86. The highest BCUT2D eigenvalue weighted by atomic mass is 127. The molecule has 0 unspecified atom stereocenters. The molecule has 0 atom stereocenters. The molecule has 7 heteroatoms. The maximum atomic E-state index is 5.56. The first kappa shape index (κ1) is 20.2. The highest BCUT2D eigenvalue weighted by molar-refractivity contribution is 14.0. The van der Waals surface area contributed by atoms with Crippen LogP contribution in [-0.2, 0) is 6.54 Å². The fraction of sp³-hybridized carbons (Fsp3) is 0.750. The maximum Gasteiger partial charge on any atom is 0.214 e. The summed E-state index contributed by atoms with van der Waals surface area (Å²) >= 11 is 0. The average Bonchev–Trinajstić information content (AvgIpc) is 2.71. The Morgan fingerprint density at radius 3 is 2.43 bits per heavy atom. The van der Waals surface area contributed by atoms with E-state index in [2.05, 4.69) is 25.5 Å². The molecule has 2 heterocycles. The first-order valence-corrected chi connectivity index (χ1v) is 8.29. The van der Waals surface area contributed by atoms with Crippen molar-refractivity contribution in [1.29, 1.82) is 0 Å². The van der Waals surface area contributed by atoms with Gasteiger partial charge in [-0.15, -0.1) is 24.0 Å². The van der Waals surface area contributed by atoms with Crippen molar-refractivity contribution in [2.75, 3.05) is 33.2 Å². The number of nitrogens with zero attached hydrogens (tertiary/aromatic N) is 3. The molecular weight excluding hydrogens is 405 g/mol. The largest absolute Gasteiger partial charge is 0.444 e. The van der Waals surface area contributed by atoms with Crippen LogP contribution in [0.25, 0.3) is 0 Å². The minimum atomic E-state index is 0. The van der Waals surface area contributed by atoms with Crippen LogP contribution >= 0.6 is 24.0 Å². The molecule has 6 nitrogen and oxygen atoms in total. The molecule has 1 saturated heterocycles. The van der Waals surface area contributed by atoms with E-state index in [-0.39, 0.29) is 24.0 Å². The molecule has 0 radical (unpaired) electrons. The Kier molecular flexibility index (Phi) is 9.54. The van der Waals surface area contributed by atoms with E-state index < -0.39 is 0 Å². The Morgan fingerprint density at radius 2 is 1.87 bits per heavy atom. The number of hydrogen-bond donors (Lipinski definition) is 2. The molecule has 0 aromatic carbocycles. The molecule has 1 aromatic heterocycles. The number of aromatic nitrogens is 1. The second-order valence-electron chi connectivity index (χ2n) is 5.86. The molecule has 132 valence electrons. The van der Waals surface area contributed by atoms with E-state index in [1.165, 1.54) is 38.8 Å². The topological polar surface area (TPSA) is 65.7 Å². The maximum absolute atomic E-state index is 5.56. The van der Waals surface area contributed by atoms with Gasteiger partial charge in [-0.1, -0.05) is 12.8 Å². The lowest BCUT2D eigenvalue weighted by Crippen LogP contribution is -2.41. The minimum absolute atomic E-state index is 0. The van der Waals surface area contributed by atoms with Gasteiger partial charge < -0.3 is 20.0 Å². The lowest BCUT2D eigenvalue weighted by molar-refractivity contribution is 0.289. The number of aliphatic imine (C=N–C) groups is 1. The van der Waals surface area contributed by atoms with Crippen molar-refractivity contribution < 1.29 is 4.42 Å². The zero-order valence-corrected chi connectivity index (χ0v) is 16.9. The SMILES string of the molecule is CN=C(NCCN1CCCCCC1)NCc1nc(C)c(C)o1.I. The third-order valence-corrected chi connectivity index (χ3v) is 4.12. The lowest BCUT2D eigenvalue weighted by Gasteiger charge is -2.20. The molecule has 23 heavy (non-hydrogen) atoms. The third kappa shape index (κ3) is 7.07. The molecule has 0 aliphatic carbocycles. The number of likely N-dealkylation sites (tertiary alicyclic amines) is 1. The summed E-state index contributed by atoms with van der Waals surface area (Å²) in [5.41, 5.74) is 0.945. The Balaban J connectivity index is 0.00000264. The lowest BCUT2D eigenvalue weighted by atomic mass is 10.2. The van der Waals surface area contributed by atoms with Crippen molar-refractivity contribution in [3.63, 3.8) is 0 Å². The summed E-state index contributed by atoms with van der Waals surface area (Å²) in [4.78, 5) is 11.1. The first-order chi connectivity index (χ1) is 10.7. The van der Waals surface area contributed by atoms with Gasteiger partial charge in [-0.3, -0.25) is 4.99 Å². The average molecular weight is 435 g/mol. The molecule has 0 saturated carbocycles. The Bertz CT molecular complexity index is 461. The summed E-state index contributed by atoms with van der Waals surface area (Å²) < 4.78 is 5.56. The van der Waals surface area contributed by atoms with Gasteiger partial charge in [-0.25, -0.2) is 4.98 Å². The van der Waals surface area contributed by atoms with Crippen molar-refractivity contribution in [3.8, 4) is 0 Å². The van der Waals surface area contributed by atoms with E-state index in [0.717, 1.165) is 30.5 Å². The molecule has 0 bridgehead atoms. The molecule has 2 N–H and O–H groups in total. The summed E-state index contributed by atoms with van der Waals surface area (Å²) in [6, 6.07) is 0. The number of guanidine groups is 1. The van der Waals surface area contributed by atoms with Gasteiger partial charge in [0.25, 0.3) is 0 Å². The standard InChI is InChI=1S/C16H29N5O.HI/c1-13-14(2)22-15(20-13)12-19-16(17-3)18-8-11-21-9-6-4-5-7-10-21;/h4-12H2,1-3H3,(H2,17,18,19);1H. The smallest absolute Gasteiger partial charge is 0.214 e. The summed E-state index contributed by atoms with van der Waals surface area (Å²) in [5, 5.41) is 6.60. The van der Waals surface area contributed by atoms with Crippen LogP contribution in [0.2, 0.25) is 0 Å². The van der Waals surface area contributed by atoms with Gasteiger partial charge in [-0.05, 0) is 39.8 Å². The van der Waals surface area contributed by atoms with Crippen LogP contribution in [0.4, 0.5) is 0 Å². The van der Waals surface area contributed by atoms with E-state index in [0.29, 0.717) is 12.4 Å². The van der Waals surface area contributed by atoms with Crippen molar-refractivity contribution in [2.24, 2.45) is 4.99 Å². The van der Waals surface area contributed by atoms with Crippen LogP contribution < -0.4 is 10.6 Å². The van der Waals surface area contributed by atoms with Gasteiger partial charge in [0, 0.05) is 20.1 Å². The van der Waals surface area contributed by atoms with Gasteiger partial charge >= 0.3 is 0 Å². The van der Waals surface area contributed by atoms with Gasteiger partial charge in [0.15, 0.2) is 5.96 Å². The Labute approximate surface area is 156 Å². The van der Waals surface area contributed by atoms with Gasteiger partial charge in [0.2, 0.25) is 5.89 Å². The summed E-state index contributed by atoms with van der Waals surface area (Å²) in [7, 11) is 1.79. The second kappa shape index (κ2) is 10.9. The highest BCUT2D eigenvalue weighted by Gasteiger charge is 2.09. The van der Waals surface area contributed by atoms with Crippen molar-refractivity contribution in [2.45, 2.75) is 46.1 Å². The molecule has 1 aliphatic heterocycles. The number of oxazole rings is 1.